The molecule has 0 spiro atoms. The van der Waals surface area contributed by atoms with Gasteiger partial charge in [0, 0.05) is 18.7 Å². The quantitative estimate of drug-likeness (QED) is 0.593. The molecule has 2 amide bonds. The summed E-state index contributed by atoms with van der Waals surface area (Å²) in [6, 6.07) is 9.29. The molecule has 0 unspecified atom stereocenters. The second-order valence-corrected chi connectivity index (χ2v) is 7.59. The van der Waals surface area contributed by atoms with Crippen molar-refractivity contribution in [3.63, 3.8) is 0 Å². The van der Waals surface area contributed by atoms with Crippen LogP contribution in [-0.4, -0.2) is 37.5 Å². The van der Waals surface area contributed by atoms with Gasteiger partial charge in [-0.3, -0.25) is 14.4 Å². The van der Waals surface area contributed by atoms with Crippen molar-refractivity contribution in [2.75, 3.05) is 30.0 Å². The zero-order valence-corrected chi connectivity index (χ0v) is 18.2. The van der Waals surface area contributed by atoms with Gasteiger partial charge in [0.25, 0.3) is 5.91 Å². The number of esters is 1. The first-order valence-electron chi connectivity index (χ1n) is 9.95. The second-order valence-electron chi connectivity index (χ2n) is 7.18. The van der Waals surface area contributed by atoms with Crippen LogP contribution in [0.4, 0.5) is 24.5 Å². The molecule has 0 saturated carbocycles. The summed E-state index contributed by atoms with van der Waals surface area (Å²) >= 11 is 5.83. The molecule has 0 bridgehead atoms. The number of benzene rings is 2. The molecular weight excluding hydrogens is 465 g/mol. The molecule has 0 radical (unpaired) electrons. The Kier molecular flexibility index (Phi) is 7.47. The zero-order valence-electron chi connectivity index (χ0n) is 17.4. The van der Waals surface area contributed by atoms with Crippen molar-refractivity contribution >= 4 is 40.8 Å². The lowest BCUT2D eigenvalue weighted by Crippen LogP contribution is -2.28. The highest BCUT2D eigenvalue weighted by molar-refractivity contribution is 6.33. The largest absolute Gasteiger partial charge is 0.494 e. The number of amides is 2. The van der Waals surface area contributed by atoms with Crippen LogP contribution in [0.25, 0.3) is 0 Å². The summed E-state index contributed by atoms with van der Waals surface area (Å²) in [5.74, 6) is -2.04. The molecule has 1 aliphatic rings. The first kappa shape index (κ1) is 24.4. The van der Waals surface area contributed by atoms with Gasteiger partial charge in [-0.1, -0.05) is 11.6 Å². The van der Waals surface area contributed by atoms with Crippen molar-refractivity contribution in [2.24, 2.45) is 5.92 Å². The Hall–Kier alpha value is -3.27. The monoisotopic (exact) mass is 484 g/mol. The van der Waals surface area contributed by atoms with Crippen LogP contribution in [0.3, 0.4) is 0 Å². The minimum atomic E-state index is -4.61. The smallest absolute Gasteiger partial charge is 0.416 e. The Balaban J connectivity index is 1.55. The van der Waals surface area contributed by atoms with Gasteiger partial charge in [-0.2, -0.15) is 13.2 Å². The van der Waals surface area contributed by atoms with Crippen LogP contribution in [0, 0.1) is 5.92 Å². The van der Waals surface area contributed by atoms with E-state index in [1.165, 1.54) is 4.90 Å². The molecular formula is C22H20ClF3N2O5. The van der Waals surface area contributed by atoms with Crippen LogP contribution in [0.2, 0.25) is 5.02 Å². The molecule has 1 heterocycles. The highest BCUT2D eigenvalue weighted by atomic mass is 35.5. The summed E-state index contributed by atoms with van der Waals surface area (Å²) in [5, 5.41) is 2.09. The maximum absolute atomic E-state index is 12.8. The molecule has 0 aromatic heterocycles. The SMILES string of the molecule is CCOc1ccc(N2C[C@@H](C(=O)OCC(=O)Nc3cc(C(F)(F)F)ccc3Cl)CC2=O)cc1. The summed E-state index contributed by atoms with van der Waals surface area (Å²) < 4.78 is 48.8. The third-order valence-corrected chi connectivity index (χ3v) is 5.16. The average Bonchev–Trinajstić information content (AvgIpc) is 3.15. The van der Waals surface area contributed by atoms with Crippen molar-refractivity contribution in [3.05, 3.63) is 53.1 Å². The summed E-state index contributed by atoms with van der Waals surface area (Å²) in [6.07, 6.45) is -4.70. The van der Waals surface area contributed by atoms with Crippen LogP contribution < -0.4 is 15.0 Å². The van der Waals surface area contributed by atoms with E-state index in [0.29, 0.717) is 24.1 Å². The molecule has 7 nitrogen and oxygen atoms in total. The van der Waals surface area contributed by atoms with Gasteiger partial charge < -0.3 is 19.7 Å². The predicted molar refractivity (Wildman–Crippen MR) is 114 cm³/mol. The molecule has 33 heavy (non-hydrogen) atoms. The number of ether oxygens (including phenoxy) is 2. The lowest BCUT2D eigenvalue weighted by Gasteiger charge is -2.17. The molecule has 2 aromatic carbocycles. The topological polar surface area (TPSA) is 84.9 Å². The van der Waals surface area contributed by atoms with Crippen LogP contribution >= 0.6 is 11.6 Å². The number of rotatable bonds is 7. The molecule has 176 valence electrons. The van der Waals surface area contributed by atoms with Gasteiger partial charge in [0.2, 0.25) is 5.91 Å². The highest BCUT2D eigenvalue weighted by Crippen LogP contribution is 2.34. The Morgan fingerprint density at radius 1 is 1.18 bits per heavy atom. The van der Waals surface area contributed by atoms with E-state index in [9.17, 15) is 27.6 Å². The second kappa shape index (κ2) is 10.1. The van der Waals surface area contributed by atoms with Crippen molar-refractivity contribution in [3.8, 4) is 5.75 Å². The number of carbonyl (C=O) groups is 3. The minimum absolute atomic E-state index is 0.0761. The molecule has 1 aliphatic heterocycles. The number of anilines is 2. The number of halogens is 4. The van der Waals surface area contributed by atoms with Crippen molar-refractivity contribution in [2.45, 2.75) is 19.5 Å². The fraction of sp³-hybridized carbons (Fsp3) is 0.318. The maximum atomic E-state index is 12.8. The number of hydrogen-bond acceptors (Lipinski definition) is 5. The third-order valence-electron chi connectivity index (χ3n) is 4.83. The summed E-state index contributed by atoms with van der Waals surface area (Å²) in [5.41, 5.74) is -0.654. The number of nitrogens with zero attached hydrogens (tertiary/aromatic N) is 1. The van der Waals surface area contributed by atoms with E-state index in [2.05, 4.69) is 5.32 Å². The molecule has 1 fully saturated rings. The van der Waals surface area contributed by atoms with E-state index in [0.717, 1.165) is 12.1 Å². The van der Waals surface area contributed by atoms with Crippen molar-refractivity contribution in [1.82, 2.24) is 0 Å². The van der Waals surface area contributed by atoms with E-state index in [-0.39, 0.29) is 29.6 Å². The zero-order chi connectivity index (χ0) is 24.2. The standard InChI is InChI=1S/C22H20ClF3N2O5/c1-2-32-16-6-4-15(5-7-16)28-11-13(9-20(28)30)21(31)33-12-19(29)27-18-10-14(22(24,25)26)3-8-17(18)23/h3-8,10,13H,2,9,11-12H2,1H3,(H,27,29)/t13-/m0/s1. The average molecular weight is 485 g/mol. The third kappa shape index (κ3) is 6.16. The normalized spacial score (nSPS) is 16.0. The Morgan fingerprint density at radius 2 is 1.88 bits per heavy atom. The van der Waals surface area contributed by atoms with Crippen LogP contribution in [0.15, 0.2) is 42.5 Å². The van der Waals surface area contributed by atoms with Crippen LogP contribution in [-0.2, 0) is 25.3 Å². The highest BCUT2D eigenvalue weighted by Gasteiger charge is 2.36. The molecule has 1 atom stereocenters. The van der Waals surface area contributed by atoms with Crippen LogP contribution in [0.5, 0.6) is 5.75 Å². The number of alkyl halides is 3. The molecule has 1 saturated heterocycles. The van der Waals surface area contributed by atoms with Gasteiger partial charge in [0.05, 0.1) is 28.8 Å². The van der Waals surface area contributed by atoms with E-state index in [1.54, 1.807) is 24.3 Å². The van der Waals surface area contributed by atoms with Gasteiger partial charge >= 0.3 is 12.1 Å². The van der Waals surface area contributed by atoms with Gasteiger partial charge in [-0.15, -0.1) is 0 Å². The van der Waals surface area contributed by atoms with Crippen LogP contribution in [0.1, 0.15) is 18.9 Å². The molecule has 0 aliphatic carbocycles. The minimum Gasteiger partial charge on any atom is -0.494 e. The van der Waals surface area contributed by atoms with Gasteiger partial charge in [-0.05, 0) is 49.4 Å². The maximum Gasteiger partial charge on any atom is 0.416 e. The molecule has 3 rings (SSSR count). The lowest BCUT2D eigenvalue weighted by atomic mass is 10.1. The Labute approximate surface area is 192 Å². The Bertz CT molecular complexity index is 1040. The first-order valence-corrected chi connectivity index (χ1v) is 10.3. The number of nitrogens with one attached hydrogen (secondary N) is 1. The summed E-state index contributed by atoms with van der Waals surface area (Å²) in [7, 11) is 0. The summed E-state index contributed by atoms with van der Waals surface area (Å²) in [6.45, 7) is 1.69. The van der Waals surface area contributed by atoms with E-state index in [1.807, 2.05) is 6.92 Å². The molecule has 11 heteroatoms. The van der Waals surface area contributed by atoms with E-state index < -0.39 is 36.1 Å². The lowest BCUT2D eigenvalue weighted by molar-refractivity contribution is -0.151. The predicted octanol–water partition coefficient (Wildman–Crippen LogP) is 4.29. The van der Waals surface area contributed by atoms with E-state index >= 15 is 0 Å². The summed E-state index contributed by atoms with van der Waals surface area (Å²) in [4.78, 5) is 38.2. The number of carbonyl (C=O) groups excluding carboxylic acids is 3. The van der Waals surface area contributed by atoms with Gasteiger partial charge in [-0.25, -0.2) is 0 Å². The van der Waals surface area contributed by atoms with E-state index in [4.69, 9.17) is 21.1 Å². The number of hydrogen-bond donors (Lipinski definition) is 1. The van der Waals surface area contributed by atoms with Crippen molar-refractivity contribution in [1.29, 1.82) is 0 Å². The first-order chi connectivity index (χ1) is 15.6. The van der Waals surface area contributed by atoms with Crippen molar-refractivity contribution < 1.29 is 37.0 Å². The van der Waals surface area contributed by atoms with Gasteiger partial charge in [0.1, 0.15) is 5.75 Å². The fourth-order valence-electron chi connectivity index (χ4n) is 3.24. The molecule has 2 aromatic rings. The van der Waals surface area contributed by atoms with Gasteiger partial charge in [0.15, 0.2) is 6.61 Å². The fourth-order valence-corrected chi connectivity index (χ4v) is 3.41. The Morgan fingerprint density at radius 3 is 2.52 bits per heavy atom. The molecule has 1 N–H and O–H groups in total.